The van der Waals surface area contributed by atoms with E-state index in [-0.39, 0.29) is 41.0 Å². The second kappa shape index (κ2) is 12.5. The first-order valence-electron chi connectivity index (χ1n) is 15.8. The molecule has 236 valence electrons. The lowest BCUT2D eigenvalue weighted by Crippen LogP contribution is -2.55. The molecule has 1 atom stereocenters. The van der Waals surface area contributed by atoms with Gasteiger partial charge in [0.15, 0.2) is 5.82 Å². The Hall–Kier alpha value is -4.33. The fourth-order valence-electron chi connectivity index (χ4n) is 6.90. The average Bonchev–Trinajstić information content (AvgIpc) is 3.64. The van der Waals surface area contributed by atoms with Gasteiger partial charge < -0.3 is 19.4 Å². The number of anilines is 1. The highest BCUT2D eigenvalue weighted by Gasteiger charge is 2.45. The predicted molar refractivity (Wildman–Crippen MR) is 176 cm³/mol. The van der Waals surface area contributed by atoms with E-state index in [1.807, 2.05) is 35.2 Å². The van der Waals surface area contributed by atoms with Crippen LogP contribution in [0.4, 0.5) is 10.2 Å². The highest BCUT2D eigenvalue weighted by Crippen LogP contribution is 2.47. The molecule has 4 heterocycles. The maximum atomic E-state index is 16.7. The van der Waals surface area contributed by atoms with Crippen LogP contribution in [0.25, 0.3) is 32.9 Å². The fourth-order valence-corrected chi connectivity index (χ4v) is 7.18. The highest BCUT2D eigenvalue weighted by molar-refractivity contribution is 6.36. The van der Waals surface area contributed by atoms with Gasteiger partial charge in [0.25, 0.3) is 0 Å². The number of ether oxygens (including phenoxy) is 1. The van der Waals surface area contributed by atoms with E-state index in [9.17, 15) is 10.1 Å². The lowest BCUT2D eigenvalue weighted by Gasteiger charge is -2.41. The van der Waals surface area contributed by atoms with Gasteiger partial charge in [0.2, 0.25) is 5.91 Å². The summed E-state index contributed by atoms with van der Waals surface area (Å²) in [5, 5.41) is 12.1. The van der Waals surface area contributed by atoms with Gasteiger partial charge in [-0.1, -0.05) is 48.5 Å². The summed E-state index contributed by atoms with van der Waals surface area (Å²) in [6.07, 6.45) is 7.60. The summed E-state index contributed by atoms with van der Waals surface area (Å²) in [5.41, 5.74) is 0.857. The number of hydrogen-bond acceptors (Lipinski definition) is 8. The van der Waals surface area contributed by atoms with Crippen LogP contribution in [0.5, 0.6) is 6.01 Å². The quantitative estimate of drug-likeness (QED) is 0.206. The van der Waals surface area contributed by atoms with Gasteiger partial charge in [0.1, 0.15) is 17.0 Å². The standard InChI is InChI=1S/C35H35ClFN7O2/c1-2-28(45)44-18-17-43(20-24(44)11-14-38)33-26-19-39-31(25-9-5-7-23-8-6-10-27(36)29(23)25)30(37)32(26)40-34(41-33)46-22-35(12-13-35)21-42-15-3-4-16-42/h2,5-10,19,24H,1,3-4,11-13,15-18,20-22H2. The molecule has 46 heavy (non-hydrogen) atoms. The molecule has 1 amide bonds. The fraction of sp³-hybridized carbons (Fsp3) is 0.400. The lowest BCUT2D eigenvalue weighted by molar-refractivity contribution is -0.128. The molecule has 1 aliphatic carbocycles. The van der Waals surface area contributed by atoms with Crippen LogP contribution in [0, 0.1) is 22.6 Å². The molecule has 0 N–H and O–H groups in total. The van der Waals surface area contributed by atoms with Gasteiger partial charge in [-0.3, -0.25) is 9.78 Å². The molecule has 1 saturated carbocycles. The molecule has 0 radical (unpaired) electrons. The highest BCUT2D eigenvalue weighted by atomic mass is 35.5. The molecule has 2 aromatic carbocycles. The number of fused-ring (bicyclic) bond motifs is 2. The Morgan fingerprint density at radius 1 is 1.15 bits per heavy atom. The van der Waals surface area contributed by atoms with Crippen molar-refractivity contribution < 1.29 is 13.9 Å². The average molecular weight is 640 g/mol. The van der Waals surface area contributed by atoms with Crippen LogP contribution >= 0.6 is 11.6 Å². The SMILES string of the molecule is C=CC(=O)N1CCN(c2nc(OCC3(CN4CCCC4)CC3)nc3c(F)c(-c4cccc5cccc(Cl)c45)ncc23)CC1CC#N. The molecule has 11 heteroatoms. The van der Waals surface area contributed by atoms with Crippen molar-refractivity contribution >= 4 is 45.0 Å². The van der Waals surface area contributed by atoms with E-state index in [0.29, 0.717) is 53.4 Å². The summed E-state index contributed by atoms with van der Waals surface area (Å²) >= 11 is 6.61. The summed E-state index contributed by atoms with van der Waals surface area (Å²) < 4.78 is 23.0. The number of nitriles is 1. The first kappa shape index (κ1) is 30.3. The van der Waals surface area contributed by atoms with Gasteiger partial charge in [-0.05, 0) is 56.3 Å². The van der Waals surface area contributed by atoms with Crippen molar-refractivity contribution in [2.45, 2.75) is 38.1 Å². The molecule has 1 unspecified atom stereocenters. The van der Waals surface area contributed by atoms with E-state index in [1.165, 1.54) is 18.9 Å². The van der Waals surface area contributed by atoms with Gasteiger partial charge in [0, 0.05) is 53.8 Å². The third kappa shape index (κ3) is 5.74. The molecule has 2 aliphatic heterocycles. The number of piperazine rings is 1. The normalized spacial score (nSPS) is 19.4. The van der Waals surface area contributed by atoms with E-state index in [4.69, 9.17) is 21.3 Å². The van der Waals surface area contributed by atoms with E-state index < -0.39 is 5.82 Å². The van der Waals surface area contributed by atoms with Crippen LogP contribution < -0.4 is 9.64 Å². The Bertz CT molecular complexity index is 1860. The van der Waals surface area contributed by atoms with Crippen molar-refractivity contribution in [3.8, 4) is 23.3 Å². The van der Waals surface area contributed by atoms with Crippen molar-refractivity contribution in [2.75, 3.05) is 50.8 Å². The second-order valence-corrected chi connectivity index (χ2v) is 13.0. The molecule has 0 spiro atoms. The summed E-state index contributed by atoms with van der Waals surface area (Å²) in [6, 6.07) is 13.1. The first-order chi connectivity index (χ1) is 22.4. The van der Waals surface area contributed by atoms with Crippen molar-refractivity contribution in [3.05, 3.63) is 66.1 Å². The van der Waals surface area contributed by atoms with E-state index in [2.05, 4.69) is 27.5 Å². The van der Waals surface area contributed by atoms with E-state index >= 15 is 4.39 Å². The number of aromatic nitrogens is 3. The number of carbonyl (C=O) groups excluding carboxylic acids is 1. The van der Waals surface area contributed by atoms with Crippen molar-refractivity contribution in [1.29, 1.82) is 5.26 Å². The van der Waals surface area contributed by atoms with Gasteiger partial charge in [-0.15, -0.1) is 0 Å². The maximum Gasteiger partial charge on any atom is 0.319 e. The van der Waals surface area contributed by atoms with Gasteiger partial charge in [0.05, 0.1) is 30.5 Å². The molecular weight excluding hydrogens is 605 g/mol. The molecule has 2 aromatic heterocycles. The summed E-state index contributed by atoms with van der Waals surface area (Å²) in [4.78, 5) is 32.8. The number of carbonyl (C=O) groups is 1. The molecule has 7 rings (SSSR count). The van der Waals surface area contributed by atoms with Gasteiger partial charge in [-0.2, -0.15) is 15.2 Å². The third-order valence-corrected chi connectivity index (χ3v) is 9.86. The van der Waals surface area contributed by atoms with Crippen LogP contribution in [0.3, 0.4) is 0 Å². The smallest absolute Gasteiger partial charge is 0.319 e. The minimum absolute atomic E-state index is 0.0546. The largest absolute Gasteiger partial charge is 0.463 e. The third-order valence-electron chi connectivity index (χ3n) is 9.54. The number of nitrogens with zero attached hydrogens (tertiary/aromatic N) is 7. The molecular formula is C35H35ClFN7O2. The zero-order chi connectivity index (χ0) is 31.8. The minimum Gasteiger partial charge on any atom is -0.463 e. The molecule has 3 aliphatic rings. The van der Waals surface area contributed by atoms with Crippen LogP contribution in [0.2, 0.25) is 5.02 Å². The lowest BCUT2D eigenvalue weighted by atomic mass is 10.0. The van der Waals surface area contributed by atoms with E-state index in [1.54, 1.807) is 17.2 Å². The first-order valence-corrected chi connectivity index (χ1v) is 16.2. The predicted octanol–water partition coefficient (Wildman–Crippen LogP) is 6.01. The number of rotatable bonds is 9. The molecule has 0 bridgehead atoms. The zero-order valence-electron chi connectivity index (χ0n) is 25.6. The molecule has 4 aromatic rings. The summed E-state index contributed by atoms with van der Waals surface area (Å²) in [5.74, 6) is -0.354. The Kier molecular flexibility index (Phi) is 8.22. The van der Waals surface area contributed by atoms with Gasteiger partial charge >= 0.3 is 6.01 Å². The van der Waals surface area contributed by atoms with Crippen molar-refractivity contribution in [3.63, 3.8) is 0 Å². The number of pyridine rings is 1. The topological polar surface area (TPSA) is 98.5 Å². The van der Waals surface area contributed by atoms with Crippen LogP contribution in [-0.2, 0) is 4.79 Å². The van der Waals surface area contributed by atoms with Gasteiger partial charge in [-0.25, -0.2) is 4.39 Å². The number of likely N-dealkylation sites (tertiary alicyclic amines) is 1. The van der Waals surface area contributed by atoms with Crippen LogP contribution in [0.15, 0.2) is 55.3 Å². The minimum atomic E-state index is -0.592. The molecule has 2 saturated heterocycles. The van der Waals surface area contributed by atoms with Crippen LogP contribution in [-0.4, -0.2) is 82.6 Å². The molecule has 3 fully saturated rings. The summed E-state index contributed by atoms with van der Waals surface area (Å²) in [7, 11) is 0. The van der Waals surface area contributed by atoms with E-state index in [0.717, 1.165) is 37.9 Å². The summed E-state index contributed by atoms with van der Waals surface area (Å²) in [6.45, 7) is 8.39. The number of benzene rings is 2. The second-order valence-electron chi connectivity index (χ2n) is 12.6. The number of hydrogen-bond donors (Lipinski definition) is 0. The monoisotopic (exact) mass is 639 g/mol. The van der Waals surface area contributed by atoms with Crippen LogP contribution in [0.1, 0.15) is 32.1 Å². The van der Waals surface area contributed by atoms with Crippen molar-refractivity contribution in [2.24, 2.45) is 5.41 Å². The number of amides is 1. The van der Waals surface area contributed by atoms with Crippen molar-refractivity contribution in [1.82, 2.24) is 24.8 Å². The Morgan fingerprint density at radius 3 is 2.67 bits per heavy atom. The Balaban J connectivity index is 1.30. The molecule has 9 nitrogen and oxygen atoms in total. The Morgan fingerprint density at radius 2 is 1.93 bits per heavy atom. The maximum absolute atomic E-state index is 16.7. The number of halogens is 2. The zero-order valence-corrected chi connectivity index (χ0v) is 26.3. The Labute approximate surface area is 272 Å².